The lowest BCUT2D eigenvalue weighted by Gasteiger charge is -1.98. The van der Waals surface area contributed by atoms with Crippen LogP contribution in [0.1, 0.15) is 6.42 Å². The highest BCUT2D eigenvalue weighted by Crippen LogP contribution is 2.02. The Morgan fingerprint density at radius 2 is 2.40 bits per heavy atom. The maximum Gasteiger partial charge on any atom is 0.245 e. The summed E-state index contributed by atoms with van der Waals surface area (Å²) in [6.07, 6.45) is 0.691. The fourth-order valence-electron chi connectivity index (χ4n) is 0.884. The first-order valence-electron chi connectivity index (χ1n) is 3.06. The smallest absolute Gasteiger partial charge is 0.245 e. The van der Waals surface area contributed by atoms with Gasteiger partial charge in [-0.05, 0) is 6.42 Å². The zero-order valence-electron chi connectivity index (χ0n) is 5.50. The molecule has 0 bridgehead atoms. The molecule has 1 rings (SSSR count). The van der Waals surface area contributed by atoms with Crippen LogP contribution >= 0.6 is 0 Å². The second-order valence-electron chi connectivity index (χ2n) is 2.15. The lowest BCUT2D eigenvalue weighted by atomic mass is 10.3. The van der Waals surface area contributed by atoms with Crippen molar-refractivity contribution in [2.24, 2.45) is 16.5 Å². The lowest BCUT2D eigenvalue weighted by Crippen LogP contribution is -2.29. The number of carbonyl (C=O) groups is 1. The van der Waals surface area contributed by atoms with Crippen LogP contribution in [0, 0.1) is 0 Å². The molecule has 56 valence electrons. The Labute approximate surface area is 58.5 Å². The molecule has 0 unspecified atom stereocenters. The highest BCUT2D eigenvalue weighted by atomic mass is 16.2. The van der Waals surface area contributed by atoms with Crippen molar-refractivity contribution in [3.8, 4) is 0 Å². The molecular weight excluding hydrogens is 132 g/mol. The largest absolute Gasteiger partial charge is 0.370 e. The van der Waals surface area contributed by atoms with Crippen LogP contribution in [0.4, 0.5) is 0 Å². The first kappa shape index (κ1) is 6.85. The highest BCUT2D eigenvalue weighted by Gasteiger charge is 2.22. The molecule has 0 spiro atoms. The van der Waals surface area contributed by atoms with E-state index in [2.05, 4.69) is 10.3 Å². The van der Waals surface area contributed by atoms with E-state index in [1.165, 1.54) is 0 Å². The number of nitrogens with two attached hydrogens (primary N) is 2. The van der Waals surface area contributed by atoms with E-state index < -0.39 is 0 Å². The summed E-state index contributed by atoms with van der Waals surface area (Å²) < 4.78 is 0. The average Bonchev–Trinajstić information content (AvgIpc) is 2.15. The molecular formula is C5H10N4O. The summed E-state index contributed by atoms with van der Waals surface area (Å²) >= 11 is 0. The topological polar surface area (TPSA) is 93.5 Å². The van der Waals surface area contributed by atoms with E-state index in [9.17, 15) is 4.79 Å². The Bertz CT molecular complexity index is 172. The van der Waals surface area contributed by atoms with Gasteiger partial charge in [-0.25, -0.2) is 4.99 Å². The summed E-state index contributed by atoms with van der Waals surface area (Å²) in [7, 11) is 0. The minimum atomic E-state index is -0.356. The molecule has 5 N–H and O–H groups in total. The van der Waals surface area contributed by atoms with Crippen molar-refractivity contribution in [3.63, 3.8) is 0 Å². The Hall–Kier alpha value is -1.26. The summed E-state index contributed by atoms with van der Waals surface area (Å²) in [4.78, 5) is 14.5. The fourth-order valence-corrected chi connectivity index (χ4v) is 0.884. The van der Waals surface area contributed by atoms with Gasteiger partial charge in [0.1, 0.15) is 6.04 Å². The second kappa shape index (κ2) is 2.55. The predicted molar refractivity (Wildman–Crippen MR) is 37.2 cm³/mol. The van der Waals surface area contributed by atoms with Crippen molar-refractivity contribution in [3.05, 3.63) is 0 Å². The van der Waals surface area contributed by atoms with Crippen molar-refractivity contribution in [2.45, 2.75) is 12.5 Å². The number of rotatable bonds is 1. The summed E-state index contributed by atoms with van der Waals surface area (Å²) in [6, 6.07) is -0.356. The molecule has 1 fully saturated rings. The van der Waals surface area contributed by atoms with Gasteiger partial charge in [0.25, 0.3) is 0 Å². The van der Waals surface area contributed by atoms with E-state index in [0.29, 0.717) is 13.0 Å². The Kier molecular flexibility index (Phi) is 1.75. The molecule has 1 amide bonds. The monoisotopic (exact) mass is 142 g/mol. The first-order valence-corrected chi connectivity index (χ1v) is 3.06. The molecule has 0 saturated carbocycles. The van der Waals surface area contributed by atoms with Gasteiger partial charge in [0.05, 0.1) is 0 Å². The summed E-state index contributed by atoms with van der Waals surface area (Å²) in [5.41, 5.74) is 10.2. The van der Waals surface area contributed by atoms with Crippen LogP contribution in [0.15, 0.2) is 4.99 Å². The van der Waals surface area contributed by atoms with Crippen molar-refractivity contribution in [2.75, 3.05) is 6.54 Å². The van der Waals surface area contributed by atoms with Crippen LogP contribution in [0.3, 0.4) is 0 Å². The molecule has 5 nitrogen and oxygen atoms in total. The molecule has 0 aromatic rings. The number of aliphatic imine (C=N–C) groups is 1. The quantitative estimate of drug-likeness (QED) is 0.296. The molecule has 0 aromatic heterocycles. The highest BCUT2D eigenvalue weighted by molar-refractivity contribution is 5.87. The van der Waals surface area contributed by atoms with Crippen LogP contribution < -0.4 is 16.8 Å². The van der Waals surface area contributed by atoms with Gasteiger partial charge in [-0.15, -0.1) is 0 Å². The van der Waals surface area contributed by atoms with E-state index in [1.54, 1.807) is 0 Å². The Morgan fingerprint density at radius 3 is 2.80 bits per heavy atom. The Balaban J connectivity index is 2.56. The molecule has 1 atom stereocenters. The van der Waals surface area contributed by atoms with Gasteiger partial charge in [0, 0.05) is 6.54 Å². The third kappa shape index (κ3) is 1.37. The third-order valence-corrected chi connectivity index (χ3v) is 1.32. The summed E-state index contributed by atoms with van der Waals surface area (Å²) in [5, 5.41) is 2.62. The third-order valence-electron chi connectivity index (χ3n) is 1.32. The van der Waals surface area contributed by atoms with E-state index >= 15 is 0 Å². The molecule has 1 aliphatic heterocycles. The van der Waals surface area contributed by atoms with E-state index in [0.717, 1.165) is 0 Å². The van der Waals surface area contributed by atoms with Crippen LogP contribution in [-0.2, 0) is 4.79 Å². The SMILES string of the molecule is NC(N)=N[C@H]1CCNC1=O. The molecule has 0 radical (unpaired) electrons. The molecule has 1 aliphatic rings. The number of hydrogen-bond donors (Lipinski definition) is 3. The van der Waals surface area contributed by atoms with Gasteiger partial charge < -0.3 is 16.8 Å². The normalized spacial score (nSPS) is 24.0. The van der Waals surface area contributed by atoms with Crippen molar-refractivity contribution in [1.29, 1.82) is 0 Å². The first-order chi connectivity index (χ1) is 4.70. The van der Waals surface area contributed by atoms with Gasteiger partial charge >= 0.3 is 0 Å². The van der Waals surface area contributed by atoms with Gasteiger partial charge in [-0.2, -0.15) is 0 Å². The van der Waals surface area contributed by atoms with Gasteiger partial charge in [0.2, 0.25) is 5.91 Å². The molecule has 0 aliphatic carbocycles. The van der Waals surface area contributed by atoms with Crippen molar-refractivity contribution in [1.82, 2.24) is 5.32 Å². The van der Waals surface area contributed by atoms with Crippen LogP contribution in [0.2, 0.25) is 0 Å². The zero-order chi connectivity index (χ0) is 7.56. The zero-order valence-corrected chi connectivity index (χ0v) is 5.50. The number of guanidine groups is 1. The summed E-state index contributed by atoms with van der Waals surface area (Å²) in [6.45, 7) is 0.667. The van der Waals surface area contributed by atoms with E-state index in [1.807, 2.05) is 0 Å². The minimum Gasteiger partial charge on any atom is -0.370 e. The van der Waals surface area contributed by atoms with Gasteiger partial charge in [0.15, 0.2) is 5.96 Å². The van der Waals surface area contributed by atoms with Gasteiger partial charge in [-0.1, -0.05) is 0 Å². The molecule has 10 heavy (non-hydrogen) atoms. The maximum atomic E-state index is 10.8. The Morgan fingerprint density at radius 1 is 1.70 bits per heavy atom. The number of nitrogens with zero attached hydrogens (tertiary/aromatic N) is 1. The molecule has 1 heterocycles. The summed E-state index contributed by atoms with van der Waals surface area (Å²) in [5.74, 6) is -0.115. The molecule has 5 heteroatoms. The average molecular weight is 142 g/mol. The number of amides is 1. The fraction of sp³-hybridized carbons (Fsp3) is 0.600. The van der Waals surface area contributed by atoms with Crippen LogP contribution in [0.5, 0.6) is 0 Å². The van der Waals surface area contributed by atoms with E-state index in [4.69, 9.17) is 11.5 Å². The standard InChI is InChI=1S/C5H10N4O/c6-5(7)9-3-1-2-8-4(3)10/h3H,1-2H2,(H,8,10)(H4,6,7,9)/t3-/m0/s1. The molecule has 0 aromatic carbocycles. The molecule has 1 saturated heterocycles. The van der Waals surface area contributed by atoms with Crippen molar-refractivity contribution < 1.29 is 4.79 Å². The second-order valence-corrected chi connectivity index (χ2v) is 2.15. The van der Waals surface area contributed by atoms with Crippen LogP contribution in [0.25, 0.3) is 0 Å². The van der Waals surface area contributed by atoms with Crippen molar-refractivity contribution >= 4 is 11.9 Å². The maximum absolute atomic E-state index is 10.8. The minimum absolute atomic E-state index is 0.0259. The van der Waals surface area contributed by atoms with E-state index in [-0.39, 0.29) is 17.9 Å². The number of nitrogens with one attached hydrogen (secondary N) is 1. The number of hydrogen-bond acceptors (Lipinski definition) is 2. The lowest BCUT2D eigenvalue weighted by molar-refractivity contribution is -0.120. The van der Waals surface area contributed by atoms with Crippen LogP contribution in [-0.4, -0.2) is 24.5 Å². The predicted octanol–water partition coefficient (Wildman–Crippen LogP) is -1.85. The van der Waals surface area contributed by atoms with Gasteiger partial charge in [-0.3, -0.25) is 4.79 Å². The number of carbonyl (C=O) groups excluding carboxylic acids is 1.